The fourth-order valence-electron chi connectivity index (χ4n) is 2.13. The van der Waals surface area contributed by atoms with Crippen molar-refractivity contribution in [3.05, 3.63) is 63.7 Å². The number of nitrogens with zero attached hydrogens (tertiary/aromatic N) is 1. The Morgan fingerprint density at radius 1 is 1.42 bits per heavy atom. The average Bonchev–Trinajstić information content (AvgIpc) is 2.38. The normalized spacial score (nSPS) is 21.8. The Bertz CT molecular complexity index is 606. The Morgan fingerprint density at radius 3 is 2.74 bits per heavy atom. The van der Waals surface area contributed by atoms with Crippen LogP contribution in [0.15, 0.2) is 48.1 Å². The number of carboxylic acids is 1. The largest absolute Gasteiger partial charge is 0.478 e. The van der Waals surface area contributed by atoms with Gasteiger partial charge in [0.2, 0.25) is 0 Å². The molecule has 1 aliphatic carbocycles. The maximum Gasteiger partial charge on any atom is 0.331 e. The average molecular weight is 260 g/mol. The van der Waals surface area contributed by atoms with Crippen molar-refractivity contribution in [1.82, 2.24) is 0 Å². The minimum absolute atomic E-state index is 0.0175. The number of para-hydroxylation sites is 1. The van der Waals surface area contributed by atoms with E-state index in [1.807, 2.05) is 0 Å². The van der Waals surface area contributed by atoms with E-state index in [0.717, 1.165) is 0 Å². The van der Waals surface area contributed by atoms with Crippen LogP contribution in [0.1, 0.15) is 12.0 Å². The van der Waals surface area contributed by atoms with E-state index < -0.39 is 16.4 Å². The van der Waals surface area contributed by atoms with Crippen LogP contribution in [-0.4, -0.2) is 16.0 Å². The molecule has 1 aromatic rings. The number of carboxylic acid groups (broad SMARTS) is 1. The smallest absolute Gasteiger partial charge is 0.331 e. The van der Waals surface area contributed by atoms with E-state index in [1.165, 1.54) is 18.2 Å². The maximum atomic E-state index is 11.0. The summed E-state index contributed by atoms with van der Waals surface area (Å²) in [6.45, 7) is 0. The molecule has 6 heteroatoms. The quantitative estimate of drug-likeness (QED) is 0.635. The monoisotopic (exact) mass is 260 g/mol. The molecule has 0 heterocycles. The first kappa shape index (κ1) is 13.0. The SMILES string of the molecule is NC1(c2ccccc2[N+](=O)[O-])C=CC=C(C(=O)O)C1. The van der Waals surface area contributed by atoms with E-state index in [-0.39, 0.29) is 17.7 Å². The number of nitro benzene ring substituents is 1. The van der Waals surface area contributed by atoms with Gasteiger partial charge >= 0.3 is 5.97 Å². The topological polar surface area (TPSA) is 106 Å². The highest BCUT2D eigenvalue weighted by Crippen LogP contribution is 2.35. The fourth-order valence-corrected chi connectivity index (χ4v) is 2.13. The van der Waals surface area contributed by atoms with Crippen LogP contribution in [-0.2, 0) is 10.3 Å². The number of carbonyl (C=O) groups is 1. The highest BCUT2D eigenvalue weighted by atomic mass is 16.6. The van der Waals surface area contributed by atoms with Crippen molar-refractivity contribution in [2.24, 2.45) is 5.73 Å². The molecule has 1 aliphatic rings. The predicted octanol–water partition coefficient (Wildman–Crippen LogP) is 1.72. The molecule has 19 heavy (non-hydrogen) atoms. The van der Waals surface area contributed by atoms with Gasteiger partial charge in [-0.05, 0) is 6.07 Å². The lowest BCUT2D eigenvalue weighted by Gasteiger charge is -2.28. The molecule has 1 atom stereocenters. The van der Waals surface area contributed by atoms with E-state index in [2.05, 4.69) is 0 Å². The van der Waals surface area contributed by atoms with Crippen LogP contribution in [0.4, 0.5) is 5.69 Å². The molecule has 0 aliphatic heterocycles. The summed E-state index contributed by atoms with van der Waals surface area (Å²) in [5.41, 5.74) is 5.30. The van der Waals surface area contributed by atoms with Crippen molar-refractivity contribution in [3.63, 3.8) is 0 Å². The molecular formula is C13H12N2O4. The lowest BCUT2D eigenvalue weighted by Crippen LogP contribution is -2.37. The zero-order chi connectivity index (χ0) is 14.0. The molecule has 98 valence electrons. The minimum atomic E-state index is -1.17. The van der Waals surface area contributed by atoms with Crippen LogP contribution in [0.25, 0.3) is 0 Å². The second kappa shape index (κ2) is 4.66. The van der Waals surface area contributed by atoms with Gasteiger partial charge in [-0.2, -0.15) is 0 Å². The van der Waals surface area contributed by atoms with Crippen LogP contribution in [0, 0.1) is 10.1 Å². The molecule has 3 N–H and O–H groups in total. The molecule has 0 saturated carbocycles. The second-order valence-corrected chi connectivity index (χ2v) is 4.35. The molecular weight excluding hydrogens is 248 g/mol. The standard InChI is InChI=1S/C13H12N2O4/c14-13(7-3-4-9(8-13)12(16)17)10-5-1-2-6-11(10)15(18)19/h1-7H,8,14H2,(H,16,17). The van der Waals surface area contributed by atoms with Crippen LogP contribution in [0.5, 0.6) is 0 Å². The van der Waals surface area contributed by atoms with Crippen molar-refractivity contribution in [1.29, 1.82) is 0 Å². The van der Waals surface area contributed by atoms with Gasteiger partial charge in [-0.3, -0.25) is 10.1 Å². The predicted molar refractivity (Wildman–Crippen MR) is 68.4 cm³/mol. The number of hydrogen-bond acceptors (Lipinski definition) is 4. The first-order valence-corrected chi connectivity index (χ1v) is 5.58. The molecule has 1 aromatic carbocycles. The number of hydrogen-bond donors (Lipinski definition) is 2. The van der Waals surface area contributed by atoms with Crippen LogP contribution >= 0.6 is 0 Å². The van der Waals surface area contributed by atoms with E-state index in [4.69, 9.17) is 10.8 Å². The Kier molecular flexibility index (Phi) is 3.18. The molecule has 0 fully saturated rings. The lowest BCUT2D eigenvalue weighted by atomic mass is 9.80. The van der Waals surface area contributed by atoms with Crippen molar-refractivity contribution >= 4 is 11.7 Å². The number of aliphatic carboxylic acids is 1. The molecule has 0 amide bonds. The maximum absolute atomic E-state index is 11.0. The van der Waals surface area contributed by atoms with Gasteiger partial charge in [-0.15, -0.1) is 0 Å². The van der Waals surface area contributed by atoms with Crippen LogP contribution in [0.3, 0.4) is 0 Å². The molecule has 0 aromatic heterocycles. The highest BCUT2D eigenvalue weighted by Gasteiger charge is 2.34. The molecule has 0 radical (unpaired) electrons. The fraction of sp³-hybridized carbons (Fsp3) is 0.154. The van der Waals surface area contributed by atoms with Gasteiger partial charge in [0.25, 0.3) is 5.69 Å². The second-order valence-electron chi connectivity index (χ2n) is 4.35. The Labute approximate surface area is 109 Å². The number of nitrogens with two attached hydrogens (primary N) is 1. The number of allylic oxidation sites excluding steroid dienone is 2. The van der Waals surface area contributed by atoms with Gasteiger partial charge in [0.15, 0.2) is 0 Å². The summed E-state index contributed by atoms with van der Waals surface area (Å²) in [4.78, 5) is 21.5. The van der Waals surface area contributed by atoms with Crippen molar-refractivity contribution in [2.75, 3.05) is 0 Å². The first-order valence-electron chi connectivity index (χ1n) is 5.58. The zero-order valence-corrected chi connectivity index (χ0v) is 9.95. The summed E-state index contributed by atoms with van der Waals surface area (Å²) in [6, 6.07) is 6.10. The Hall–Kier alpha value is -2.47. The molecule has 0 saturated heterocycles. The van der Waals surface area contributed by atoms with Crippen molar-refractivity contribution in [3.8, 4) is 0 Å². The first-order chi connectivity index (χ1) is 8.94. The number of rotatable bonds is 3. The van der Waals surface area contributed by atoms with Gasteiger partial charge in [0.05, 0.1) is 16.0 Å². The Morgan fingerprint density at radius 2 is 2.11 bits per heavy atom. The van der Waals surface area contributed by atoms with Gasteiger partial charge in [0.1, 0.15) is 0 Å². The summed E-state index contributed by atoms with van der Waals surface area (Å²) in [6.07, 6.45) is 4.57. The molecule has 0 spiro atoms. The Balaban J connectivity index is 2.48. The van der Waals surface area contributed by atoms with Gasteiger partial charge in [-0.25, -0.2) is 4.79 Å². The summed E-state index contributed by atoms with van der Waals surface area (Å²) in [7, 11) is 0. The van der Waals surface area contributed by atoms with E-state index in [0.29, 0.717) is 5.56 Å². The summed E-state index contributed by atoms with van der Waals surface area (Å²) in [5, 5.41) is 20.0. The summed E-state index contributed by atoms with van der Waals surface area (Å²) in [5.74, 6) is -1.07. The number of benzene rings is 1. The third-order valence-corrected chi connectivity index (χ3v) is 3.05. The van der Waals surface area contributed by atoms with Crippen LogP contribution < -0.4 is 5.73 Å². The van der Waals surface area contributed by atoms with Gasteiger partial charge < -0.3 is 10.8 Å². The van der Waals surface area contributed by atoms with E-state index >= 15 is 0 Å². The van der Waals surface area contributed by atoms with Crippen molar-refractivity contribution < 1.29 is 14.8 Å². The highest BCUT2D eigenvalue weighted by molar-refractivity contribution is 5.87. The minimum Gasteiger partial charge on any atom is -0.478 e. The van der Waals surface area contributed by atoms with E-state index in [9.17, 15) is 14.9 Å². The molecule has 2 rings (SSSR count). The van der Waals surface area contributed by atoms with Crippen LogP contribution in [0.2, 0.25) is 0 Å². The van der Waals surface area contributed by atoms with Gasteiger partial charge in [-0.1, -0.05) is 30.4 Å². The molecule has 0 bridgehead atoms. The summed E-state index contributed by atoms with van der Waals surface area (Å²) < 4.78 is 0. The summed E-state index contributed by atoms with van der Waals surface area (Å²) >= 11 is 0. The molecule has 6 nitrogen and oxygen atoms in total. The van der Waals surface area contributed by atoms with Gasteiger partial charge in [0, 0.05) is 18.1 Å². The number of nitro groups is 1. The zero-order valence-electron chi connectivity index (χ0n) is 9.95. The van der Waals surface area contributed by atoms with Crippen molar-refractivity contribution in [2.45, 2.75) is 12.0 Å². The third kappa shape index (κ3) is 2.38. The molecule has 1 unspecified atom stereocenters. The third-order valence-electron chi connectivity index (χ3n) is 3.05. The van der Waals surface area contributed by atoms with E-state index in [1.54, 1.807) is 24.3 Å². The lowest BCUT2D eigenvalue weighted by molar-refractivity contribution is -0.386.